The van der Waals surface area contributed by atoms with Crippen molar-refractivity contribution >= 4 is 5.82 Å². The molecule has 1 aromatic heterocycles. The molecule has 2 aromatic rings. The lowest BCUT2D eigenvalue weighted by atomic mass is 10.1. The lowest BCUT2D eigenvalue weighted by Gasteiger charge is -2.22. The van der Waals surface area contributed by atoms with Crippen LogP contribution in [0.5, 0.6) is 0 Å². The summed E-state index contributed by atoms with van der Waals surface area (Å²) in [5, 5.41) is 3.15. The van der Waals surface area contributed by atoms with Crippen molar-refractivity contribution in [2.45, 2.75) is 39.2 Å². The van der Waals surface area contributed by atoms with E-state index in [4.69, 9.17) is 0 Å². The molecule has 0 aliphatic carbocycles. The molecule has 0 unspecified atom stereocenters. The largest absolute Gasteiger partial charge is 0.365 e. The van der Waals surface area contributed by atoms with Gasteiger partial charge in [-0.25, -0.2) is 4.98 Å². The second-order valence-corrected chi connectivity index (χ2v) is 6.14. The van der Waals surface area contributed by atoms with Crippen molar-refractivity contribution in [1.29, 1.82) is 0 Å². The first kappa shape index (κ1) is 15.3. The van der Waals surface area contributed by atoms with E-state index in [1.807, 2.05) is 39.0 Å². The molecule has 0 saturated carbocycles. The molecule has 0 bridgehead atoms. The summed E-state index contributed by atoms with van der Waals surface area (Å²) in [6, 6.07) is 10.3. The van der Waals surface area contributed by atoms with Crippen molar-refractivity contribution in [3.05, 3.63) is 58.6 Å². The standard InChI is InChI=1S/C17H23N3O/c1-17(2,3)20-13-12-19-15(16(20)21)18-11-7-10-14-8-5-4-6-9-14/h4-6,8-9,12-13H,7,10-11H2,1-3H3,(H,18,19). The molecule has 0 spiro atoms. The van der Waals surface area contributed by atoms with E-state index in [0.717, 1.165) is 19.4 Å². The van der Waals surface area contributed by atoms with E-state index in [9.17, 15) is 4.79 Å². The van der Waals surface area contributed by atoms with Crippen LogP contribution in [0.2, 0.25) is 0 Å². The lowest BCUT2D eigenvalue weighted by molar-refractivity contribution is 0.383. The molecule has 4 nitrogen and oxygen atoms in total. The van der Waals surface area contributed by atoms with Crippen LogP contribution < -0.4 is 10.9 Å². The summed E-state index contributed by atoms with van der Waals surface area (Å²) in [7, 11) is 0. The number of rotatable bonds is 5. The maximum atomic E-state index is 12.3. The van der Waals surface area contributed by atoms with Gasteiger partial charge in [0.2, 0.25) is 0 Å². The Labute approximate surface area is 125 Å². The first-order chi connectivity index (χ1) is 9.98. The third-order valence-corrected chi connectivity index (χ3v) is 3.34. The monoisotopic (exact) mass is 285 g/mol. The van der Waals surface area contributed by atoms with Gasteiger partial charge in [-0.2, -0.15) is 0 Å². The van der Waals surface area contributed by atoms with Gasteiger partial charge >= 0.3 is 0 Å². The van der Waals surface area contributed by atoms with E-state index >= 15 is 0 Å². The van der Waals surface area contributed by atoms with Crippen LogP contribution >= 0.6 is 0 Å². The fraction of sp³-hybridized carbons (Fsp3) is 0.412. The molecule has 0 aliphatic rings. The smallest absolute Gasteiger partial charge is 0.293 e. The molecule has 21 heavy (non-hydrogen) atoms. The molecule has 0 amide bonds. The number of aryl methyl sites for hydroxylation is 1. The number of hydrogen-bond acceptors (Lipinski definition) is 3. The van der Waals surface area contributed by atoms with Crippen molar-refractivity contribution in [3.8, 4) is 0 Å². The fourth-order valence-electron chi connectivity index (χ4n) is 2.21. The van der Waals surface area contributed by atoms with Gasteiger partial charge in [0.1, 0.15) is 0 Å². The van der Waals surface area contributed by atoms with E-state index in [-0.39, 0.29) is 11.1 Å². The maximum Gasteiger partial charge on any atom is 0.293 e. The van der Waals surface area contributed by atoms with Crippen molar-refractivity contribution in [2.75, 3.05) is 11.9 Å². The molecule has 4 heteroatoms. The van der Waals surface area contributed by atoms with Crippen LogP contribution in [0.15, 0.2) is 47.5 Å². The van der Waals surface area contributed by atoms with Crippen LogP contribution in [-0.2, 0) is 12.0 Å². The summed E-state index contributed by atoms with van der Waals surface area (Å²) in [5.74, 6) is 0.431. The zero-order valence-electron chi connectivity index (χ0n) is 13.0. The van der Waals surface area contributed by atoms with Crippen LogP contribution in [0.3, 0.4) is 0 Å². The van der Waals surface area contributed by atoms with E-state index in [1.54, 1.807) is 17.0 Å². The summed E-state index contributed by atoms with van der Waals surface area (Å²) in [6.45, 7) is 6.76. The summed E-state index contributed by atoms with van der Waals surface area (Å²) in [6.07, 6.45) is 5.37. The van der Waals surface area contributed by atoms with Gasteiger partial charge in [-0.1, -0.05) is 30.3 Å². The zero-order valence-corrected chi connectivity index (χ0v) is 13.0. The van der Waals surface area contributed by atoms with Gasteiger partial charge in [0.25, 0.3) is 5.56 Å². The highest BCUT2D eigenvalue weighted by Crippen LogP contribution is 2.10. The predicted molar refractivity (Wildman–Crippen MR) is 86.7 cm³/mol. The Hall–Kier alpha value is -2.10. The van der Waals surface area contributed by atoms with Crippen molar-refractivity contribution in [2.24, 2.45) is 0 Å². The van der Waals surface area contributed by atoms with Crippen LogP contribution in [0.1, 0.15) is 32.8 Å². The van der Waals surface area contributed by atoms with Gasteiger partial charge < -0.3 is 9.88 Å². The van der Waals surface area contributed by atoms with Crippen LogP contribution in [0, 0.1) is 0 Å². The molecule has 1 heterocycles. The first-order valence-corrected chi connectivity index (χ1v) is 7.34. The molecule has 0 atom stereocenters. The second kappa shape index (κ2) is 6.57. The van der Waals surface area contributed by atoms with E-state index < -0.39 is 0 Å². The number of anilines is 1. The summed E-state index contributed by atoms with van der Waals surface area (Å²) in [4.78, 5) is 16.5. The average molecular weight is 285 g/mol. The van der Waals surface area contributed by atoms with Gasteiger partial charge in [0.05, 0.1) is 0 Å². The van der Waals surface area contributed by atoms with Gasteiger partial charge in [-0.05, 0) is 39.2 Å². The fourth-order valence-corrected chi connectivity index (χ4v) is 2.21. The minimum absolute atomic E-state index is 0.0651. The molecule has 1 aromatic carbocycles. The minimum Gasteiger partial charge on any atom is -0.365 e. The molecular formula is C17H23N3O. The Kier molecular flexibility index (Phi) is 4.78. The van der Waals surface area contributed by atoms with Gasteiger partial charge in [0.15, 0.2) is 5.82 Å². The lowest BCUT2D eigenvalue weighted by Crippen LogP contribution is -2.35. The third kappa shape index (κ3) is 4.18. The number of benzene rings is 1. The van der Waals surface area contributed by atoms with Crippen molar-refractivity contribution in [3.63, 3.8) is 0 Å². The molecule has 1 N–H and O–H groups in total. The normalized spacial score (nSPS) is 11.4. The minimum atomic E-state index is -0.236. The Morgan fingerprint density at radius 3 is 2.57 bits per heavy atom. The molecule has 2 rings (SSSR count). The summed E-state index contributed by atoms with van der Waals surface area (Å²) in [5.41, 5.74) is 1.01. The quantitative estimate of drug-likeness (QED) is 0.859. The number of nitrogens with one attached hydrogen (secondary N) is 1. The number of aromatic nitrogens is 2. The van der Waals surface area contributed by atoms with Crippen LogP contribution in [-0.4, -0.2) is 16.1 Å². The number of hydrogen-bond donors (Lipinski definition) is 1. The van der Waals surface area contributed by atoms with Crippen LogP contribution in [0.4, 0.5) is 5.82 Å². The molecule has 0 fully saturated rings. The molecule has 0 aliphatic heterocycles. The SMILES string of the molecule is CC(C)(C)n1ccnc(NCCCc2ccccc2)c1=O. The Morgan fingerprint density at radius 2 is 1.90 bits per heavy atom. The number of nitrogens with zero attached hydrogens (tertiary/aromatic N) is 2. The summed E-state index contributed by atoms with van der Waals surface area (Å²) < 4.78 is 1.71. The molecule has 0 radical (unpaired) electrons. The highest BCUT2D eigenvalue weighted by Gasteiger charge is 2.16. The molecule has 112 valence electrons. The van der Waals surface area contributed by atoms with Gasteiger partial charge in [-0.15, -0.1) is 0 Å². The summed E-state index contributed by atoms with van der Waals surface area (Å²) >= 11 is 0. The van der Waals surface area contributed by atoms with E-state index in [0.29, 0.717) is 5.82 Å². The molecular weight excluding hydrogens is 262 g/mol. The highest BCUT2D eigenvalue weighted by molar-refractivity contribution is 5.31. The van der Waals surface area contributed by atoms with Crippen molar-refractivity contribution < 1.29 is 0 Å². The molecule has 0 saturated heterocycles. The Bertz CT molecular complexity index is 626. The van der Waals surface area contributed by atoms with Crippen molar-refractivity contribution in [1.82, 2.24) is 9.55 Å². The zero-order chi connectivity index (χ0) is 15.3. The maximum absolute atomic E-state index is 12.3. The third-order valence-electron chi connectivity index (χ3n) is 3.34. The topological polar surface area (TPSA) is 46.9 Å². The van der Waals surface area contributed by atoms with Crippen LogP contribution in [0.25, 0.3) is 0 Å². The average Bonchev–Trinajstić information content (AvgIpc) is 2.45. The second-order valence-electron chi connectivity index (χ2n) is 6.14. The first-order valence-electron chi connectivity index (χ1n) is 7.34. The Morgan fingerprint density at radius 1 is 1.19 bits per heavy atom. The predicted octanol–water partition coefficient (Wildman–Crippen LogP) is 3.04. The Balaban J connectivity index is 1.94. The van der Waals surface area contributed by atoms with Gasteiger partial charge in [0, 0.05) is 24.5 Å². The van der Waals surface area contributed by atoms with E-state index in [2.05, 4.69) is 22.4 Å². The highest BCUT2D eigenvalue weighted by atomic mass is 16.1. The van der Waals surface area contributed by atoms with E-state index in [1.165, 1.54) is 5.56 Å². The van der Waals surface area contributed by atoms with Gasteiger partial charge in [-0.3, -0.25) is 4.79 Å².